The molecule has 2 N–H and O–H groups in total. The Labute approximate surface area is 127 Å². The van der Waals surface area contributed by atoms with Crippen LogP contribution >= 0.6 is 11.8 Å². The molecule has 0 spiro atoms. The van der Waals surface area contributed by atoms with Gasteiger partial charge in [-0.1, -0.05) is 6.07 Å². The smallest absolute Gasteiger partial charge is 0.244 e. The number of thioether (sulfide) groups is 1. The maximum atomic E-state index is 13.4. The Morgan fingerprint density at radius 2 is 2.19 bits per heavy atom. The van der Waals surface area contributed by atoms with Crippen LogP contribution in [-0.4, -0.2) is 36.5 Å². The molecule has 114 valence electrons. The molecule has 0 saturated carbocycles. The van der Waals surface area contributed by atoms with Gasteiger partial charge < -0.3 is 10.6 Å². The second-order valence-electron chi connectivity index (χ2n) is 4.77. The number of carbonyl (C=O) groups is 1. The molecule has 1 aromatic rings. The Kier molecular flexibility index (Phi) is 6.20. The molecule has 1 heterocycles. The lowest BCUT2D eigenvalue weighted by molar-refractivity contribution is -0.116. The molecular formula is C15H18F2N2OS. The van der Waals surface area contributed by atoms with E-state index in [9.17, 15) is 13.6 Å². The molecule has 0 radical (unpaired) electrons. The fourth-order valence-electron chi connectivity index (χ4n) is 2.06. The number of nitrogens with one attached hydrogen (secondary N) is 2. The second kappa shape index (κ2) is 8.14. The summed E-state index contributed by atoms with van der Waals surface area (Å²) in [5.41, 5.74) is -0.196. The summed E-state index contributed by atoms with van der Waals surface area (Å²) in [5, 5.41) is 6.10. The van der Waals surface area contributed by atoms with Crippen molar-refractivity contribution in [3.05, 3.63) is 41.5 Å². The first-order chi connectivity index (χ1) is 10.2. The van der Waals surface area contributed by atoms with E-state index in [0.717, 1.165) is 48.8 Å². The van der Waals surface area contributed by atoms with Crippen molar-refractivity contribution in [3.8, 4) is 0 Å². The van der Waals surface area contributed by atoms with Crippen LogP contribution < -0.4 is 10.6 Å². The molecule has 21 heavy (non-hydrogen) atoms. The third kappa shape index (κ3) is 5.13. The van der Waals surface area contributed by atoms with Gasteiger partial charge in [0.15, 0.2) is 0 Å². The Morgan fingerprint density at radius 3 is 2.86 bits per heavy atom. The van der Waals surface area contributed by atoms with Crippen molar-refractivity contribution in [3.63, 3.8) is 0 Å². The van der Waals surface area contributed by atoms with Gasteiger partial charge >= 0.3 is 0 Å². The van der Waals surface area contributed by atoms with E-state index >= 15 is 0 Å². The van der Waals surface area contributed by atoms with Gasteiger partial charge in [-0.15, -0.1) is 0 Å². The minimum atomic E-state index is -0.678. The van der Waals surface area contributed by atoms with Gasteiger partial charge in [-0.05, 0) is 24.6 Å². The number of rotatable bonds is 5. The molecule has 1 amide bonds. The number of amides is 1. The van der Waals surface area contributed by atoms with Gasteiger partial charge in [0.05, 0.1) is 0 Å². The first kappa shape index (κ1) is 16.0. The zero-order chi connectivity index (χ0) is 15.1. The molecule has 1 atom stereocenters. The standard InChI is InChI=1S/C15H18F2N2OS/c16-13-2-1-3-14(17)12(13)4-5-15(20)19-7-6-11-10-21-9-8-18-11/h1-5,11,18H,6-10H2,(H,19,20). The van der Waals surface area contributed by atoms with Crippen LogP contribution in [0.3, 0.4) is 0 Å². The minimum absolute atomic E-state index is 0.196. The van der Waals surface area contributed by atoms with Gasteiger partial charge in [-0.2, -0.15) is 11.8 Å². The highest BCUT2D eigenvalue weighted by Crippen LogP contribution is 2.13. The molecule has 0 aliphatic carbocycles. The lowest BCUT2D eigenvalue weighted by Gasteiger charge is -2.22. The topological polar surface area (TPSA) is 41.1 Å². The van der Waals surface area contributed by atoms with Crippen LogP contribution in [0.4, 0.5) is 8.78 Å². The summed E-state index contributed by atoms with van der Waals surface area (Å²) in [6.45, 7) is 1.54. The largest absolute Gasteiger partial charge is 0.352 e. The van der Waals surface area contributed by atoms with Crippen LogP contribution in [-0.2, 0) is 4.79 Å². The summed E-state index contributed by atoms with van der Waals surface area (Å²) >= 11 is 1.90. The minimum Gasteiger partial charge on any atom is -0.352 e. The van der Waals surface area contributed by atoms with Crippen molar-refractivity contribution in [2.75, 3.05) is 24.6 Å². The molecule has 6 heteroatoms. The molecule has 1 fully saturated rings. The van der Waals surface area contributed by atoms with E-state index in [4.69, 9.17) is 0 Å². The van der Waals surface area contributed by atoms with E-state index in [2.05, 4.69) is 10.6 Å². The molecule has 1 unspecified atom stereocenters. The van der Waals surface area contributed by atoms with Crippen molar-refractivity contribution in [1.29, 1.82) is 0 Å². The molecule has 0 aromatic heterocycles. The number of hydrogen-bond acceptors (Lipinski definition) is 3. The second-order valence-corrected chi connectivity index (χ2v) is 5.92. The van der Waals surface area contributed by atoms with Crippen LogP contribution in [0.5, 0.6) is 0 Å². The van der Waals surface area contributed by atoms with Crippen molar-refractivity contribution >= 4 is 23.7 Å². The average Bonchev–Trinajstić information content (AvgIpc) is 2.48. The first-order valence-electron chi connectivity index (χ1n) is 6.88. The van der Waals surface area contributed by atoms with E-state index in [1.165, 1.54) is 6.07 Å². The van der Waals surface area contributed by atoms with E-state index in [1.54, 1.807) is 0 Å². The van der Waals surface area contributed by atoms with E-state index in [0.29, 0.717) is 12.6 Å². The molecule has 2 rings (SSSR count). The number of hydrogen-bond donors (Lipinski definition) is 2. The lowest BCUT2D eigenvalue weighted by atomic mass is 10.2. The molecule has 0 bridgehead atoms. The van der Waals surface area contributed by atoms with Gasteiger partial charge in [0.2, 0.25) is 5.91 Å². The molecule has 1 aliphatic rings. The fraction of sp³-hybridized carbons (Fsp3) is 0.400. The molecule has 1 saturated heterocycles. The third-order valence-electron chi connectivity index (χ3n) is 3.19. The van der Waals surface area contributed by atoms with Crippen LogP contribution in [0, 0.1) is 11.6 Å². The molecular weight excluding hydrogens is 294 g/mol. The highest BCUT2D eigenvalue weighted by atomic mass is 32.2. The molecule has 3 nitrogen and oxygen atoms in total. The zero-order valence-electron chi connectivity index (χ0n) is 11.6. The van der Waals surface area contributed by atoms with Crippen molar-refractivity contribution in [2.45, 2.75) is 12.5 Å². The van der Waals surface area contributed by atoms with Crippen LogP contribution in [0.15, 0.2) is 24.3 Å². The maximum absolute atomic E-state index is 13.4. The first-order valence-corrected chi connectivity index (χ1v) is 8.03. The number of benzene rings is 1. The van der Waals surface area contributed by atoms with Crippen molar-refractivity contribution in [2.24, 2.45) is 0 Å². The quantitative estimate of drug-likeness (QED) is 0.819. The van der Waals surface area contributed by atoms with Gasteiger partial charge in [-0.3, -0.25) is 4.79 Å². The van der Waals surface area contributed by atoms with Crippen LogP contribution in [0.25, 0.3) is 6.08 Å². The highest BCUT2D eigenvalue weighted by molar-refractivity contribution is 7.99. The predicted molar refractivity (Wildman–Crippen MR) is 82.1 cm³/mol. The maximum Gasteiger partial charge on any atom is 0.244 e. The Bertz CT molecular complexity index is 496. The Morgan fingerprint density at radius 1 is 1.43 bits per heavy atom. The van der Waals surface area contributed by atoms with E-state index < -0.39 is 11.6 Å². The number of halogens is 2. The van der Waals surface area contributed by atoms with Crippen LogP contribution in [0.1, 0.15) is 12.0 Å². The monoisotopic (exact) mass is 312 g/mol. The van der Waals surface area contributed by atoms with Gasteiger partial charge in [0.1, 0.15) is 11.6 Å². The number of carbonyl (C=O) groups excluding carboxylic acids is 1. The van der Waals surface area contributed by atoms with Gasteiger partial charge in [0.25, 0.3) is 0 Å². The SMILES string of the molecule is O=C(C=Cc1c(F)cccc1F)NCCC1CSCCN1. The van der Waals surface area contributed by atoms with Crippen LogP contribution in [0.2, 0.25) is 0 Å². The highest BCUT2D eigenvalue weighted by Gasteiger charge is 2.12. The summed E-state index contributed by atoms with van der Waals surface area (Å²) < 4.78 is 26.7. The van der Waals surface area contributed by atoms with E-state index in [1.807, 2.05) is 11.8 Å². The summed E-state index contributed by atoms with van der Waals surface area (Å²) in [4.78, 5) is 11.6. The van der Waals surface area contributed by atoms with Gasteiger partial charge in [-0.25, -0.2) is 8.78 Å². The summed E-state index contributed by atoms with van der Waals surface area (Å²) in [6.07, 6.45) is 3.17. The summed E-state index contributed by atoms with van der Waals surface area (Å²) in [5.74, 6) is 0.470. The van der Waals surface area contributed by atoms with Gasteiger partial charge in [0, 0.05) is 42.3 Å². The fourth-order valence-corrected chi connectivity index (χ4v) is 3.06. The normalized spacial score (nSPS) is 18.9. The lowest BCUT2D eigenvalue weighted by Crippen LogP contribution is -2.39. The molecule has 1 aliphatic heterocycles. The van der Waals surface area contributed by atoms with Crippen molar-refractivity contribution in [1.82, 2.24) is 10.6 Å². The average molecular weight is 312 g/mol. The Hall–Kier alpha value is -1.40. The Balaban J connectivity index is 1.77. The van der Waals surface area contributed by atoms with Crippen molar-refractivity contribution < 1.29 is 13.6 Å². The molecule has 1 aromatic carbocycles. The zero-order valence-corrected chi connectivity index (χ0v) is 12.4. The summed E-state index contributed by atoms with van der Waals surface area (Å²) in [6, 6.07) is 4.02. The summed E-state index contributed by atoms with van der Waals surface area (Å²) in [7, 11) is 0. The third-order valence-corrected chi connectivity index (χ3v) is 4.32. The predicted octanol–water partition coefficient (Wildman–Crippen LogP) is 2.19. The van der Waals surface area contributed by atoms with E-state index in [-0.39, 0.29) is 11.5 Å².